The van der Waals surface area contributed by atoms with Crippen molar-refractivity contribution in [3.63, 3.8) is 0 Å². The quantitative estimate of drug-likeness (QED) is 0.874. The van der Waals surface area contributed by atoms with E-state index in [1.54, 1.807) is 12.0 Å². The lowest BCUT2D eigenvalue weighted by atomic mass is 9.94. The van der Waals surface area contributed by atoms with Gasteiger partial charge in [0.05, 0.1) is 0 Å². The Bertz CT molecular complexity index is 525. The van der Waals surface area contributed by atoms with E-state index < -0.39 is 0 Å². The zero-order valence-corrected chi connectivity index (χ0v) is 12.9. The zero-order chi connectivity index (χ0) is 14.9. The largest absolute Gasteiger partial charge is 0.385 e. The molecule has 4 heteroatoms. The summed E-state index contributed by atoms with van der Waals surface area (Å²) in [7, 11) is 3.62. The monoisotopic (exact) mass is 288 g/mol. The standard InChI is InChI=1S/C17H24N2O2/c1-19-15-6-4-3-5-13(15)14(11-16(19)20)18-12-17(7-8-17)9-10-21-2/h3-6,14,18H,7-12H2,1-2H3. The summed E-state index contributed by atoms with van der Waals surface area (Å²) < 4.78 is 5.21. The molecule has 0 aromatic heterocycles. The van der Waals surface area contributed by atoms with Crippen LogP contribution in [0.1, 0.15) is 37.3 Å². The number of para-hydroxylation sites is 1. The van der Waals surface area contributed by atoms with Gasteiger partial charge in [0, 0.05) is 45.5 Å². The number of rotatable bonds is 6. The lowest BCUT2D eigenvalue weighted by Gasteiger charge is -2.33. The van der Waals surface area contributed by atoms with Crippen LogP contribution in [0.15, 0.2) is 24.3 Å². The van der Waals surface area contributed by atoms with Crippen molar-refractivity contribution in [3.05, 3.63) is 29.8 Å². The first-order chi connectivity index (χ1) is 10.2. The van der Waals surface area contributed by atoms with Crippen LogP contribution in [0.25, 0.3) is 0 Å². The Morgan fingerprint density at radius 2 is 2.14 bits per heavy atom. The van der Waals surface area contributed by atoms with E-state index in [0.717, 1.165) is 25.3 Å². The van der Waals surface area contributed by atoms with Crippen molar-refractivity contribution in [1.29, 1.82) is 0 Å². The third-order valence-corrected chi connectivity index (χ3v) is 4.94. The van der Waals surface area contributed by atoms with Crippen LogP contribution in [0.5, 0.6) is 0 Å². The molecule has 4 nitrogen and oxygen atoms in total. The van der Waals surface area contributed by atoms with Gasteiger partial charge in [-0.25, -0.2) is 0 Å². The molecule has 1 aromatic rings. The number of nitrogens with one attached hydrogen (secondary N) is 1. The first-order valence-corrected chi connectivity index (χ1v) is 7.73. The van der Waals surface area contributed by atoms with E-state index in [9.17, 15) is 4.79 Å². The molecule has 114 valence electrons. The molecule has 0 bridgehead atoms. The van der Waals surface area contributed by atoms with Gasteiger partial charge in [0.15, 0.2) is 0 Å². The smallest absolute Gasteiger partial charge is 0.228 e. The maximum Gasteiger partial charge on any atom is 0.228 e. The Labute approximate surface area is 126 Å². The summed E-state index contributed by atoms with van der Waals surface area (Å²) >= 11 is 0. The van der Waals surface area contributed by atoms with Crippen molar-refractivity contribution in [2.24, 2.45) is 5.41 Å². The van der Waals surface area contributed by atoms with E-state index >= 15 is 0 Å². The second-order valence-electron chi connectivity index (χ2n) is 6.39. The minimum Gasteiger partial charge on any atom is -0.385 e. The van der Waals surface area contributed by atoms with Gasteiger partial charge in [0.2, 0.25) is 5.91 Å². The van der Waals surface area contributed by atoms with Crippen LogP contribution in [0.3, 0.4) is 0 Å². The molecule has 2 aliphatic rings. The highest BCUT2D eigenvalue weighted by Gasteiger charge is 2.42. The fraction of sp³-hybridized carbons (Fsp3) is 0.588. The third-order valence-electron chi connectivity index (χ3n) is 4.94. The van der Waals surface area contributed by atoms with Crippen LogP contribution in [0, 0.1) is 5.41 Å². The summed E-state index contributed by atoms with van der Waals surface area (Å²) in [5.41, 5.74) is 2.67. The average Bonchev–Trinajstić information content (AvgIpc) is 3.28. The highest BCUT2D eigenvalue weighted by atomic mass is 16.5. The second-order valence-corrected chi connectivity index (χ2v) is 6.39. The van der Waals surface area contributed by atoms with Crippen molar-refractivity contribution in [2.75, 3.05) is 32.2 Å². The number of hydrogen-bond acceptors (Lipinski definition) is 3. The number of benzene rings is 1. The SMILES string of the molecule is COCCC1(CNC2CC(=O)N(C)c3ccccc32)CC1. The van der Waals surface area contributed by atoms with Crippen LogP contribution in [0.4, 0.5) is 5.69 Å². The van der Waals surface area contributed by atoms with Gasteiger partial charge in [-0.15, -0.1) is 0 Å². The first-order valence-electron chi connectivity index (χ1n) is 7.73. The van der Waals surface area contributed by atoms with E-state index in [-0.39, 0.29) is 11.9 Å². The Kier molecular flexibility index (Phi) is 4.00. The Morgan fingerprint density at radius 1 is 1.38 bits per heavy atom. The Balaban J connectivity index is 1.69. The lowest BCUT2D eigenvalue weighted by molar-refractivity contribution is -0.119. The third kappa shape index (κ3) is 2.97. The van der Waals surface area contributed by atoms with Crippen LogP contribution in [-0.4, -0.2) is 33.2 Å². The minimum absolute atomic E-state index is 0.143. The maximum atomic E-state index is 12.1. The molecule has 1 heterocycles. The normalized spacial score (nSPS) is 23.0. The number of methoxy groups -OCH3 is 1. The minimum atomic E-state index is 0.143. The van der Waals surface area contributed by atoms with Gasteiger partial charge in [-0.2, -0.15) is 0 Å². The first kappa shape index (κ1) is 14.5. The van der Waals surface area contributed by atoms with Crippen molar-refractivity contribution in [2.45, 2.75) is 31.7 Å². The Morgan fingerprint density at radius 3 is 2.86 bits per heavy atom. The van der Waals surface area contributed by atoms with E-state index in [1.807, 2.05) is 19.2 Å². The number of anilines is 1. The van der Waals surface area contributed by atoms with Crippen LogP contribution < -0.4 is 10.2 Å². The van der Waals surface area contributed by atoms with Gasteiger partial charge < -0.3 is 15.0 Å². The fourth-order valence-electron chi connectivity index (χ4n) is 3.18. The van der Waals surface area contributed by atoms with E-state index in [2.05, 4.69) is 17.4 Å². The lowest BCUT2D eigenvalue weighted by Crippen LogP contribution is -2.39. The summed E-state index contributed by atoms with van der Waals surface area (Å²) in [4.78, 5) is 13.9. The van der Waals surface area contributed by atoms with Crippen LogP contribution in [-0.2, 0) is 9.53 Å². The maximum absolute atomic E-state index is 12.1. The van der Waals surface area contributed by atoms with Crippen molar-refractivity contribution >= 4 is 11.6 Å². The molecule has 1 unspecified atom stereocenters. The average molecular weight is 288 g/mol. The van der Waals surface area contributed by atoms with Gasteiger partial charge in [-0.05, 0) is 36.3 Å². The molecular weight excluding hydrogens is 264 g/mol. The van der Waals surface area contributed by atoms with Gasteiger partial charge in [-0.3, -0.25) is 4.79 Å². The topological polar surface area (TPSA) is 41.6 Å². The summed E-state index contributed by atoms with van der Waals surface area (Å²) in [5, 5.41) is 3.64. The van der Waals surface area contributed by atoms with Gasteiger partial charge in [0.1, 0.15) is 0 Å². The number of carbonyl (C=O) groups excluding carboxylic acids is 1. The number of nitrogens with zero attached hydrogens (tertiary/aromatic N) is 1. The molecule has 0 saturated heterocycles. The highest BCUT2D eigenvalue weighted by molar-refractivity contribution is 5.96. The zero-order valence-electron chi connectivity index (χ0n) is 12.9. The fourth-order valence-corrected chi connectivity index (χ4v) is 3.18. The molecule has 1 saturated carbocycles. The van der Waals surface area contributed by atoms with Crippen molar-refractivity contribution in [3.8, 4) is 0 Å². The molecule has 1 aliphatic heterocycles. The Hall–Kier alpha value is -1.39. The molecule has 21 heavy (non-hydrogen) atoms. The predicted octanol–water partition coefficient (Wildman–Crippen LogP) is 2.50. The number of hydrogen-bond donors (Lipinski definition) is 1. The molecular formula is C17H24N2O2. The van der Waals surface area contributed by atoms with Gasteiger partial charge in [-0.1, -0.05) is 18.2 Å². The number of carbonyl (C=O) groups is 1. The number of ether oxygens (including phenoxy) is 1. The molecule has 1 atom stereocenters. The number of fused-ring (bicyclic) bond motifs is 1. The number of amides is 1. The highest BCUT2D eigenvalue weighted by Crippen LogP contribution is 2.48. The van der Waals surface area contributed by atoms with Gasteiger partial charge in [0.25, 0.3) is 0 Å². The molecule has 1 amide bonds. The molecule has 1 aliphatic carbocycles. The molecule has 1 fully saturated rings. The van der Waals surface area contributed by atoms with Crippen LogP contribution in [0.2, 0.25) is 0 Å². The molecule has 1 aromatic carbocycles. The van der Waals surface area contributed by atoms with Crippen LogP contribution >= 0.6 is 0 Å². The molecule has 1 N–H and O–H groups in total. The van der Waals surface area contributed by atoms with Crippen molar-refractivity contribution in [1.82, 2.24) is 5.32 Å². The molecule has 0 spiro atoms. The van der Waals surface area contributed by atoms with Gasteiger partial charge >= 0.3 is 0 Å². The van der Waals surface area contributed by atoms with E-state index in [1.165, 1.54) is 18.4 Å². The summed E-state index contributed by atoms with van der Waals surface area (Å²) in [6.07, 6.45) is 4.20. The van der Waals surface area contributed by atoms with E-state index in [4.69, 9.17) is 4.74 Å². The molecule has 3 rings (SSSR count). The van der Waals surface area contributed by atoms with Crippen molar-refractivity contribution < 1.29 is 9.53 Å². The summed E-state index contributed by atoms with van der Waals surface area (Å²) in [5.74, 6) is 0.188. The summed E-state index contributed by atoms with van der Waals surface area (Å²) in [6.45, 7) is 1.80. The summed E-state index contributed by atoms with van der Waals surface area (Å²) in [6, 6.07) is 8.34. The predicted molar refractivity (Wildman–Crippen MR) is 83.4 cm³/mol. The van der Waals surface area contributed by atoms with E-state index in [0.29, 0.717) is 11.8 Å². The second kappa shape index (κ2) is 5.78. The molecule has 0 radical (unpaired) electrons.